The summed E-state index contributed by atoms with van der Waals surface area (Å²) >= 11 is 0. The maximum Gasteiger partial charge on any atom is 0.459 e. The number of hydrogen-bond donors (Lipinski definition) is 1. The van der Waals surface area contributed by atoms with Gasteiger partial charge in [0.25, 0.3) is 0 Å². The summed E-state index contributed by atoms with van der Waals surface area (Å²) in [5.74, 6) is -5.74. The first-order valence-corrected chi connectivity index (χ1v) is 35.4. The Morgan fingerprint density at radius 2 is 1.11 bits per heavy atom. The molecule has 5 nitrogen and oxygen atoms in total. The van der Waals surface area contributed by atoms with E-state index >= 15 is 8.78 Å². The first kappa shape index (κ1) is 67.2. The minimum atomic E-state index is -6.45. The Morgan fingerprint density at radius 3 is 1.51 bits per heavy atom. The molecule has 0 aliphatic heterocycles. The first-order valence-electron chi connectivity index (χ1n) is 27.7. The highest BCUT2D eigenvalue weighted by atomic mass is 28.4. The van der Waals surface area contributed by atoms with E-state index in [-0.39, 0.29) is 41.9 Å². The van der Waals surface area contributed by atoms with E-state index in [1.807, 2.05) is 117 Å². The molecule has 0 amide bonds. The predicted octanol–water partition coefficient (Wildman–Crippen LogP) is 18.0. The Hall–Kier alpha value is -3.08. The van der Waals surface area contributed by atoms with Gasteiger partial charge in [-0.1, -0.05) is 205 Å². The lowest BCUT2D eigenvalue weighted by Crippen LogP contribution is -2.54. The van der Waals surface area contributed by atoms with E-state index in [1.54, 1.807) is 27.7 Å². The molecule has 428 valence electrons. The van der Waals surface area contributed by atoms with Gasteiger partial charge < -0.3 is 23.1 Å². The van der Waals surface area contributed by atoms with Crippen molar-refractivity contribution in [3.05, 3.63) is 120 Å². The largest absolute Gasteiger partial charge is 0.459 e. The molecule has 15 heteroatoms. The van der Waals surface area contributed by atoms with Crippen LogP contribution in [0.4, 0.5) is 30.7 Å². The van der Waals surface area contributed by atoms with Crippen molar-refractivity contribution in [2.75, 3.05) is 13.2 Å². The van der Waals surface area contributed by atoms with E-state index in [1.165, 1.54) is 0 Å². The lowest BCUT2D eigenvalue weighted by molar-refractivity contribution is -0.354. The molecule has 0 unspecified atom stereocenters. The molecule has 3 aromatic carbocycles. The van der Waals surface area contributed by atoms with Crippen LogP contribution in [0.3, 0.4) is 0 Å². The summed E-state index contributed by atoms with van der Waals surface area (Å²) in [7, 11) is -7.83. The van der Waals surface area contributed by atoms with Gasteiger partial charge in [0.2, 0.25) is 0 Å². The minimum absolute atomic E-state index is 0.0783. The monoisotopic (exact) mass is 1120 g/mol. The quantitative estimate of drug-likeness (QED) is 0.0237. The summed E-state index contributed by atoms with van der Waals surface area (Å²) in [4.78, 5) is 0. The van der Waals surface area contributed by atoms with Crippen molar-refractivity contribution in [3.8, 4) is 11.8 Å². The number of rotatable bonds is 30. The zero-order valence-corrected chi connectivity index (χ0v) is 51.6. The Bertz CT molecular complexity index is 2130. The molecule has 0 saturated carbocycles. The Balaban J connectivity index is 2.11. The number of benzene rings is 3. The summed E-state index contributed by atoms with van der Waals surface area (Å²) < 4.78 is 127. The second-order valence-corrected chi connectivity index (χ2v) is 38.1. The van der Waals surface area contributed by atoms with Gasteiger partial charge in [0, 0.05) is 25.4 Å². The zero-order valence-electron chi connectivity index (χ0n) is 48.6. The molecule has 1 N–H and O–H groups in total. The standard InChI is InChI=1S/C61H93F7O5Si3/c1-17-75(18-2,19-3)71-44-47(8)42-50(11)56(73-74(15,16)57(12,13)14)49(10)37-38-54(69)43-55(72-76(45(4)5,46(6)7)41-39-58(62,63)60(64,65)61(66,67)68)48(9)30-29-40-70-59(51-31-23-20-24-32-51,52-33-25-21-26-34-52)53-35-27-22-28-36-53/h20-36,45-50,54-56,69H,17-19,39-44H2,1-16H3/b30-29+/t47-,48-,49+,50+,54-,55+,56+/m1/s1. The fourth-order valence-electron chi connectivity index (χ4n) is 10.3. The van der Waals surface area contributed by atoms with E-state index in [4.69, 9.17) is 18.0 Å². The van der Waals surface area contributed by atoms with Gasteiger partial charge in [0.05, 0.1) is 18.8 Å². The van der Waals surface area contributed by atoms with Crippen LogP contribution in [0, 0.1) is 35.5 Å². The molecule has 7 atom stereocenters. The van der Waals surface area contributed by atoms with Gasteiger partial charge in [-0.25, -0.2) is 0 Å². The van der Waals surface area contributed by atoms with Crippen LogP contribution >= 0.6 is 0 Å². The molecule has 76 heavy (non-hydrogen) atoms. The van der Waals surface area contributed by atoms with Crippen molar-refractivity contribution in [1.29, 1.82) is 0 Å². The maximum absolute atomic E-state index is 15.2. The predicted molar refractivity (Wildman–Crippen MR) is 305 cm³/mol. The molecule has 0 fully saturated rings. The lowest BCUT2D eigenvalue weighted by atomic mass is 9.80. The van der Waals surface area contributed by atoms with Crippen LogP contribution in [0.5, 0.6) is 0 Å². The SMILES string of the molecule is CC[Si](CC)(CC)OC[C@H](C)C[C@H](C)[C@@H](O[Si](C)(C)C(C)(C)C)[C@@H](C)C#C[C@@H](O)C[C@H](O[Si](CCC(F)(F)C(F)(F)C(F)(F)F)(C(C)C)C(C)C)[C@H](C)/C=C/COC(c1ccccc1)(c1ccccc1)c1ccccc1. The van der Waals surface area contributed by atoms with Crippen LogP contribution in [0.15, 0.2) is 103 Å². The van der Waals surface area contributed by atoms with Crippen LogP contribution in [0.1, 0.15) is 133 Å². The van der Waals surface area contributed by atoms with Gasteiger partial charge in [-0.2, -0.15) is 30.7 Å². The molecule has 0 aromatic heterocycles. The topological polar surface area (TPSA) is 57.2 Å². The van der Waals surface area contributed by atoms with E-state index < -0.39 is 90.2 Å². The van der Waals surface area contributed by atoms with Gasteiger partial charge >= 0.3 is 18.0 Å². The number of aliphatic hydroxyl groups is 1. The first-order chi connectivity index (χ1) is 35.2. The smallest absolute Gasteiger partial charge is 0.417 e. The summed E-state index contributed by atoms with van der Waals surface area (Å²) in [6.45, 7) is 33.6. The Kier molecular flexibility index (Phi) is 25.1. The van der Waals surface area contributed by atoms with Gasteiger partial charge in [-0.3, -0.25) is 0 Å². The van der Waals surface area contributed by atoms with E-state index in [2.05, 4.69) is 80.3 Å². The van der Waals surface area contributed by atoms with Crippen molar-refractivity contribution in [3.63, 3.8) is 0 Å². The third-order valence-electron chi connectivity index (χ3n) is 16.5. The molecule has 3 rings (SSSR count). The van der Waals surface area contributed by atoms with Gasteiger partial charge in [0.15, 0.2) is 25.0 Å². The molecular formula is C61H93F7O5Si3. The molecule has 0 spiro atoms. The maximum atomic E-state index is 15.2. The van der Waals surface area contributed by atoms with E-state index in [9.17, 15) is 27.1 Å². The van der Waals surface area contributed by atoms with Crippen LogP contribution in [-0.4, -0.2) is 79.6 Å². The highest BCUT2D eigenvalue weighted by Gasteiger charge is 2.73. The fraction of sp³-hybridized carbons (Fsp3) is 0.639. The highest BCUT2D eigenvalue weighted by molar-refractivity contribution is 6.76. The van der Waals surface area contributed by atoms with Crippen molar-refractivity contribution in [2.45, 2.75) is 212 Å². The molecule has 0 bridgehead atoms. The number of hydrogen-bond acceptors (Lipinski definition) is 5. The molecule has 0 aliphatic rings. The molecule has 0 saturated heterocycles. The zero-order chi connectivity index (χ0) is 57.6. The van der Waals surface area contributed by atoms with Gasteiger partial charge in [-0.15, -0.1) is 0 Å². The van der Waals surface area contributed by atoms with Crippen molar-refractivity contribution >= 4 is 25.0 Å². The Labute approximate surface area is 456 Å². The second kappa shape index (κ2) is 28.4. The van der Waals surface area contributed by atoms with Gasteiger partial charge in [-0.05, 0) is 101 Å². The average Bonchev–Trinajstić information content (AvgIpc) is 3.36. The van der Waals surface area contributed by atoms with Crippen molar-refractivity contribution in [1.82, 2.24) is 0 Å². The van der Waals surface area contributed by atoms with Crippen LogP contribution < -0.4 is 0 Å². The third kappa shape index (κ3) is 17.0. The lowest BCUT2D eigenvalue weighted by Gasteiger charge is -2.44. The second-order valence-electron chi connectivity index (χ2n) is 23.6. The molecule has 0 aliphatic carbocycles. The van der Waals surface area contributed by atoms with Crippen LogP contribution in [-0.2, 0) is 23.6 Å². The number of alkyl halides is 7. The average molecular weight is 1120 g/mol. The third-order valence-corrected chi connectivity index (χ3v) is 31.3. The summed E-state index contributed by atoms with van der Waals surface area (Å²) in [6, 6.07) is 32.1. The van der Waals surface area contributed by atoms with Crippen molar-refractivity contribution in [2.24, 2.45) is 23.7 Å². The van der Waals surface area contributed by atoms with Crippen molar-refractivity contribution < 1.29 is 53.9 Å². The molecule has 0 radical (unpaired) electrons. The summed E-state index contributed by atoms with van der Waals surface area (Å²) in [5, 5.41) is 11.9. The van der Waals surface area contributed by atoms with Crippen LogP contribution in [0.25, 0.3) is 0 Å². The number of aliphatic hydroxyl groups excluding tert-OH is 1. The van der Waals surface area contributed by atoms with E-state index in [0.29, 0.717) is 6.61 Å². The summed E-state index contributed by atoms with van der Waals surface area (Å²) in [5.41, 5.74) is 0.636. The molecular weight excluding hydrogens is 1030 g/mol. The van der Waals surface area contributed by atoms with Gasteiger partial charge in [0.1, 0.15) is 11.7 Å². The summed E-state index contributed by atoms with van der Waals surface area (Å²) in [6.07, 6.45) is -6.26. The highest BCUT2D eigenvalue weighted by Crippen LogP contribution is 2.51. The molecule has 3 aromatic rings. The fourth-order valence-corrected chi connectivity index (χ4v) is 19.3. The molecule has 0 heterocycles. The van der Waals surface area contributed by atoms with E-state index in [0.717, 1.165) is 41.2 Å². The normalized spacial score (nSPS) is 16.6. The Morgan fingerprint density at radius 1 is 0.645 bits per heavy atom. The number of halogens is 7. The van der Waals surface area contributed by atoms with Crippen LogP contribution in [0.2, 0.25) is 53.4 Å². The number of ether oxygens (including phenoxy) is 1. The minimum Gasteiger partial charge on any atom is -0.417 e.